The molecule has 0 spiro atoms. The van der Waals surface area contributed by atoms with E-state index in [1.54, 1.807) is 6.92 Å². The van der Waals surface area contributed by atoms with Crippen molar-refractivity contribution in [2.45, 2.75) is 39.9 Å². The number of phenolic OH excluding ortho intramolecular Hbond substituents is 1. The normalized spacial score (nSPS) is 18.3. The first-order valence-corrected chi connectivity index (χ1v) is 8.32. The van der Waals surface area contributed by atoms with Crippen molar-refractivity contribution in [1.29, 1.82) is 0 Å². The van der Waals surface area contributed by atoms with E-state index in [-0.39, 0.29) is 29.3 Å². The van der Waals surface area contributed by atoms with Crippen molar-refractivity contribution in [3.63, 3.8) is 0 Å². The molecule has 1 aromatic carbocycles. The lowest BCUT2D eigenvalue weighted by Gasteiger charge is -2.20. The zero-order valence-corrected chi connectivity index (χ0v) is 15.7. The van der Waals surface area contributed by atoms with Gasteiger partial charge in [-0.1, -0.05) is 6.58 Å². The number of carbonyl (C=O) groups is 3. The van der Waals surface area contributed by atoms with Gasteiger partial charge in [0.05, 0.1) is 5.56 Å². The first-order valence-electron chi connectivity index (χ1n) is 8.32. The highest BCUT2D eigenvalue weighted by Gasteiger charge is 2.39. The third kappa shape index (κ3) is 4.55. The molecule has 2 unspecified atom stereocenters. The molecule has 1 aromatic rings. The SMILES string of the molecule is C=C(C)C1Oc2cc(O)c(C(C)=O)cc2C1OC(=O)C(C)=CCOC(C)=O. The molecule has 144 valence electrons. The molecule has 2 rings (SSSR count). The zero-order valence-electron chi connectivity index (χ0n) is 15.7. The highest BCUT2D eigenvalue weighted by atomic mass is 16.6. The van der Waals surface area contributed by atoms with Crippen LogP contribution in [0.3, 0.4) is 0 Å². The maximum Gasteiger partial charge on any atom is 0.334 e. The first kappa shape index (κ1) is 20.2. The monoisotopic (exact) mass is 374 g/mol. The number of benzene rings is 1. The molecule has 1 aliphatic heterocycles. The third-order valence-corrected chi connectivity index (χ3v) is 4.06. The summed E-state index contributed by atoms with van der Waals surface area (Å²) in [5.74, 6) is -1.27. The summed E-state index contributed by atoms with van der Waals surface area (Å²) in [7, 11) is 0. The fraction of sp³-hybridized carbons (Fsp3) is 0.350. The fourth-order valence-electron chi connectivity index (χ4n) is 2.61. The minimum atomic E-state index is -0.819. The molecule has 0 aliphatic carbocycles. The number of fused-ring (bicyclic) bond motifs is 1. The van der Waals surface area contributed by atoms with Gasteiger partial charge in [0, 0.05) is 24.1 Å². The van der Waals surface area contributed by atoms with Gasteiger partial charge in [-0.15, -0.1) is 0 Å². The van der Waals surface area contributed by atoms with Gasteiger partial charge in [-0.2, -0.15) is 0 Å². The Balaban J connectivity index is 2.30. The molecule has 0 amide bonds. The zero-order chi connectivity index (χ0) is 20.3. The van der Waals surface area contributed by atoms with E-state index in [1.165, 1.54) is 39.0 Å². The van der Waals surface area contributed by atoms with Crippen LogP contribution in [0.15, 0.2) is 35.9 Å². The molecule has 7 heteroatoms. The van der Waals surface area contributed by atoms with E-state index in [1.807, 2.05) is 0 Å². The van der Waals surface area contributed by atoms with E-state index in [0.717, 1.165) is 0 Å². The van der Waals surface area contributed by atoms with Crippen LogP contribution in [0.4, 0.5) is 0 Å². The quantitative estimate of drug-likeness (QED) is 0.354. The van der Waals surface area contributed by atoms with Crippen LogP contribution in [0.5, 0.6) is 11.5 Å². The lowest BCUT2D eigenvalue weighted by atomic mass is 9.98. The highest BCUT2D eigenvalue weighted by Crippen LogP contribution is 2.44. The van der Waals surface area contributed by atoms with E-state index < -0.39 is 24.1 Å². The number of aromatic hydroxyl groups is 1. The van der Waals surface area contributed by atoms with Gasteiger partial charge in [0.15, 0.2) is 18.0 Å². The molecule has 0 fully saturated rings. The molecule has 1 aliphatic rings. The summed E-state index contributed by atoms with van der Waals surface area (Å²) in [6.45, 7) is 9.68. The number of ether oxygens (including phenoxy) is 3. The van der Waals surface area contributed by atoms with Gasteiger partial charge >= 0.3 is 11.9 Å². The van der Waals surface area contributed by atoms with Crippen LogP contribution in [0.2, 0.25) is 0 Å². The van der Waals surface area contributed by atoms with Gasteiger partial charge in [-0.25, -0.2) is 4.79 Å². The van der Waals surface area contributed by atoms with Gasteiger partial charge in [0.25, 0.3) is 0 Å². The van der Waals surface area contributed by atoms with E-state index in [9.17, 15) is 19.5 Å². The first-order chi connectivity index (χ1) is 12.6. The van der Waals surface area contributed by atoms with Crippen LogP contribution in [0.25, 0.3) is 0 Å². The Bertz CT molecular complexity index is 835. The lowest BCUT2D eigenvalue weighted by Crippen LogP contribution is -2.24. The largest absolute Gasteiger partial charge is 0.507 e. The van der Waals surface area contributed by atoms with Gasteiger partial charge < -0.3 is 19.3 Å². The number of ketones is 1. The van der Waals surface area contributed by atoms with Crippen LogP contribution in [0, 0.1) is 0 Å². The maximum atomic E-state index is 12.4. The minimum Gasteiger partial charge on any atom is -0.507 e. The number of esters is 2. The number of hydrogen-bond acceptors (Lipinski definition) is 7. The number of hydrogen-bond donors (Lipinski definition) is 1. The molecule has 0 bridgehead atoms. The predicted octanol–water partition coefficient (Wildman–Crippen LogP) is 3.03. The molecule has 0 radical (unpaired) electrons. The summed E-state index contributed by atoms with van der Waals surface area (Å²) in [6, 6.07) is 2.80. The predicted molar refractivity (Wildman–Crippen MR) is 96.6 cm³/mol. The molecule has 1 N–H and O–H groups in total. The van der Waals surface area contributed by atoms with Gasteiger partial charge in [0.1, 0.15) is 18.1 Å². The van der Waals surface area contributed by atoms with Gasteiger partial charge in [0.2, 0.25) is 0 Å². The van der Waals surface area contributed by atoms with Gasteiger partial charge in [-0.05, 0) is 38.5 Å². The van der Waals surface area contributed by atoms with Crippen molar-refractivity contribution < 1.29 is 33.7 Å². The minimum absolute atomic E-state index is 0.0414. The van der Waals surface area contributed by atoms with Gasteiger partial charge in [-0.3, -0.25) is 9.59 Å². The highest BCUT2D eigenvalue weighted by molar-refractivity contribution is 5.97. The second-order valence-electron chi connectivity index (χ2n) is 6.36. The molecule has 0 saturated carbocycles. The number of rotatable bonds is 6. The van der Waals surface area contributed by atoms with E-state index in [0.29, 0.717) is 16.9 Å². The van der Waals surface area contributed by atoms with Crippen molar-refractivity contribution in [3.8, 4) is 11.5 Å². The lowest BCUT2D eigenvalue weighted by molar-refractivity contribution is -0.147. The average Bonchev–Trinajstić information content (AvgIpc) is 2.91. The third-order valence-electron chi connectivity index (χ3n) is 4.06. The van der Waals surface area contributed by atoms with Crippen LogP contribution in [-0.2, 0) is 19.1 Å². The van der Waals surface area contributed by atoms with Crippen molar-refractivity contribution in [2.24, 2.45) is 0 Å². The van der Waals surface area contributed by atoms with E-state index in [4.69, 9.17) is 14.2 Å². The van der Waals surface area contributed by atoms with Crippen LogP contribution >= 0.6 is 0 Å². The Hall–Kier alpha value is -3.09. The number of Topliss-reactive ketones (excluding diaryl/α,β-unsaturated/α-hetero) is 1. The average molecular weight is 374 g/mol. The van der Waals surface area contributed by atoms with Crippen LogP contribution in [0.1, 0.15) is 49.7 Å². The van der Waals surface area contributed by atoms with Crippen LogP contribution in [-0.4, -0.2) is 35.5 Å². The summed E-state index contributed by atoms with van der Waals surface area (Å²) in [6.07, 6.45) is -0.0266. The number of phenols is 1. The van der Waals surface area contributed by atoms with E-state index in [2.05, 4.69) is 6.58 Å². The van der Waals surface area contributed by atoms with E-state index >= 15 is 0 Å². The summed E-state index contributed by atoms with van der Waals surface area (Å²) in [4.78, 5) is 34.9. The summed E-state index contributed by atoms with van der Waals surface area (Å²) < 4.78 is 16.1. The smallest absolute Gasteiger partial charge is 0.334 e. The molecule has 7 nitrogen and oxygen atoms in total. The molecular formula is C20H22O7. The number of carbonyl (C=O) groups excluding carboxylic acids is 3. The van der Waals surface area contributed by atoms with Crippen LogP contribution < -0.4 is 4.74 Å². The molecular weight excluding hydrogens is 352 g/mol. The molecule has 27 heavy (non-hydrogen) atoms. The Morgan fingerprint density at radius 3 is 2.44 bits per heavy atom. The van der Waals surface area contributed by atoms with Crippen molar-refractivity contribution >= 4 is 17.7 Å². The Labute approximate surface area is 157 Å². The Morgan fingerprint density at radius 2 is 1.89 bits per heavy atom. The van der Waals surface area contributed by atoms with Crippen molar-refractivity contribution in [1.82, 2.24) is 0 Å². The Morgan fingerprint density at radius 1 is 1.22 bits per heavy atom. The topological polar surface area (TPSA) is 99.1 Å². The summed E-state index contributed by atoms with van der Waals surface area (Å²) >= 11 is 0. The summed E-state index contributed by atoms with van der Waals surface area (Å²) in [5, 5.41) is 9.99. The fourth-order valence-corrected chi connectivity index (χ4v) is 2.61. The van der Waals surface area contributed by atoms with Crippen molar-refractivity contribution in [2.75, 3.05) is 6.61 Å². The maximum absolute atomic E-state index is 12.4. The summed E-state index contributed by atoms with van der Waals surface area (Å²) in [5.41, 5.74) is 1.47. The molecule has 0 aromatic heterocycles. The second-order valence-corrected chi connectivity index (χ2v) is 6.36. The molecule has 2 atom stereocenters. The Kier molecular flexibility index (Phi) is 6.05. The standard InChI is InChI=1S/C20H22O7/c1-10(2)18-19(27-20(24)11(3)6-7-25-13(5)22)15-8-14(12(4)21)16(23)9-17(15)26-18/h6,8-9,18-19,23H,1,7H2,2-5H3. The van der Waals surface area contributed by atoms with Crippen molar-refractivity contribution in [3.05, 3.63) is 47.1 Å². The molecule has 1 heterocycles. The molecule has 0 saturated heterocycles. The second kappa shape index (κ2) is 8.07.